The standard InChI is InChI=1S/C11H20N2O2/c1-8-7-12(2)5-6-13(8)10-4-3-9(10)11(14)15/h8-10H,3-7H2,1-2H3,(H,14,15). The van der Waals surface area contributed by atoms with Gasteiger partial charge in [0.1, 0.15) is 0 Å². The lowest BCUT2D eigenvalue weighted by Crippen LogP contribution is -2.60. The second kappa shape index (κ2) is 4.10. The van der Waals surface area contributed by atoms with Gasteiger partial charge in [-0.25, -0.2) is 0 Å². The van der Waals surface area contributed by atoms with Crippen molar-refractivity contribution in [3.05, 3.63) is 0 Å². The maximum atomic E-state index is 11.0. The van der Waals surface area contributed by atoms with Crippen LogP contribution in [0.25, 0.3) is 0 Å². The summed E-state index contributed by atoms with van der Waals surface area (Å²) in [5.41, 5.74) is 0. The lowest BCUT2D eigenvalue weighted by atomic mass is 9.77. The monoisotopic (exact) mass is 212 g/mol. The second-order valence-corrected chi connectivity index (χ2v) is 4.94. The molecule has 2 fully saturated rings. The predicted octanol–water partition coefficient (Wildman–Crippen LogP) is 0.485. The van der Waals surface area contributed by atoms with Gasteiger partial charge in [-0.05, 0) is 26.8 Å². The molecule has 1 aliphatic carbocycles. The highest BCUT2D eigenvalue weighted by Gasteiger charge is 2.42. The Balaban J connectivity index is 1.96. The van der Waals surface area contributed by atoms with Gasteiger partial charge in [0.25, 0.3) is 0 Å². The average molecular weight is 212 g/mol. The molecule has 0 bridgehead atoms. The topological polar surface area (TPSA) is 43.8 Å². The molecule has 2 rings (SSSR count). The second-order valence-electron chi connectivity index (χ2n) is 4.94. The molecule has 3 atom stereocenters. The lowest BCUT2D eigenvalue weighted by Gasteiger charge is -2.48. The first-order valence-corrected chi connectivity index (χ1v) is 5.76. The summed E-state index contributed by atoms with van der Waals surface area (Å²) in [5, 5.41) is 9.04. The van der Waals surface area contributed by atoms with E-state index < -0.39 is 5.97 Å². The van der Waals surface area contributed by atoms with Crippen LogP contribution in [0.1, 0.15) is 19.8 Å². The quantitative estimate of drug-likeness (QED) is 0.723. The highest BCUT2D eigenvalue weighted by atomic mass is 16.4. The van der Waals surface area contributed by atoms with Crippen molar-refractivity contribution in [1.82, 2.24) is 9.80 Å². The van der Waals surface area contributed by atoms with Crippen molar-refractivity contribution >= 4 is 5.97 Å². The van der Waals surface area contributed by atoms with E-state index in [1.54, 1.807) is 0 Å². The van der Waals surface area contributed by atoms with Gasteiger partial charge >= 0.3 is 5.97 Å². The predicted molar refractivity (Wildman–Crippen MR) is 57.8 cm³/mol. The van der Waals surface area contributed by atoms with Crippen LogP contribution in [0, 0.1) is 5.92 Å². The number of carboxylic acids is 1. The third kappa shape index (κ3) is 2.01. The molecule has 1 N–H and O–H groups in total. The minimum atomic E-state index is -0.614. The number of nitrogens with zero attached hydrogens (tertiary/aromatic N) is 2. The van der Waals surface area contributed by atoms with Crippen LogP contribution in [0.15, 0.2) is 0 Å². The lowest BCUT2D eigenvalue weighted by molar-refractivity contribution is -0.150. The van der Waals surface area contributed by atoms with E-state index in [-0.39, 0.29) is 5.92 Å². The van der Waals surface area contributed by atoms with E-state index in [2.05, 4.69) is 23.8 Å². The molecule has 86 valence electrons. The summed E-state index contributed by atoms with van der Waals surface area (Å²) < 4.78 is 0. The number of carbonyl (C=O) groups is 1. The molecule has 4 nitrogen and oxygen atoms in total. The smallest absolute Gasteiger partial charge is 0.308 e. The summed E-state index contributed by atoms with van der Waals surface area (Å²) in [6, 6.07) is 0.794. The molecule has 0 spiro atoms. The van der Waals surface area contributed by atoms with Gasteiger partial charge < -0.3 is 10.0 Å². The van der Waals surface area contributed by atoms with Crippen LogP contribution in [0.3, 0.4) is 0 Å². The van der Waals surface area contributed by atoms with E-state index in [1.807, 2.05) is 0 Å². The molecule has 0 aromatic carbocycles. The van der Waals surface area contributed by atoms with Crippen molar-refractivity contribution in [3.63, 3.8) is 0 Å². The van der Waals surface area contributed by atoms with Gasteiger partial charge in [0, 0.05) is 31.7 Å². The summed E-state index contributed by atoms with van der Waals surface area (Å²) in [7, 11) is 2.13. The molecule has 1 aliphatic heterocycles. The molecule has 4 heteroatoms. The Labute approximate surface area is 90.9 Å². The van der Waals surface area contributed by atoms with Crippen LogP contribution < -0.4 is 0 Å². The number of rotatable bonds is 2. The zero-order chi connectivity index (χ0) is 11.0. The number of aliphatic carboxylic acids is 1. The van der Waals surface area contributed by atoms with E-state index in [1.165, 1.54) is 0 Å². The third-order valence-corrected chi connectivity index (χ3v) is 3.86. The summed E-state index contributed by atoms with van der Waals surface area (Å²) in [4.78, 5) is 15.7. The normalized spacial score (nSPS) is 38.7. The van der Waals surface area contributed by atoms with Gasteiger partial charge in [0.05, 0.1) is 5.92 Å². The van der Waals surface area contributed by atoms with E-state index in [9.17, 15) is 4.79 Å². The first kappa shape index (κ1) is 10.9. The minimum Gasteiger partial charge on any atom is -0.481 e. The molecule has 1 saturated heterocycles. The van der Waals surface area contributed by atoms with Gasteiger partial charge in [-0.2, -0.15) is 0 Å². The fourth-order valence-electron chi connectivity index (χ4n) is 2.81. The molecule has 1 heterocycles. The minimum absolute atomic E-state index is 0.115. The van der Waals surface area contributed by atoms with Crippen LogP contribution >= 0.6 is 0 Å². The molecule has 0 aromatic heterocycles. The summed E-state index contributed by atoms with van der Waals surface area (Å²) in [5.74, 6) is -0.728. The van der Waals surface area contributed by atoms with Gasteiger partial charge in [0.15, 0.2) is 0 Å². The van der Waals surface area contributed by atoms with Crippen LogP contribution in [0.2, 0.25) is 0 Å². The molecule has 3 unspecified atom stereocenters. The Morgan fingerprint density at radius 3 is 2.53 bits per heavy atom. The maximum Gasteiger partial charge on any atom is 0.308 e. The van der Waals surface area contributed by atoms with Crippen molar-refractivity contribution in [2.45, 2.75) is 31.8 Å². The number of carboxylic acid groups (broad SMARTS) is 1. The third-order valence-electron chi connectivity index (χ3n) is 3.86. The van der Waals surface area contributed by atoms with Gasteiger partial charge in [-0.3, -0.25) is 9.69 Å². The van der Waals surface area contributed by atoms with Crippen molar-refractivity contribution in [2.75, 3.05) is 26.7 Å². The molecule has 1 saturated carbocycles. The van der Waals surface area contributed by atoms with Crippen LogP contribution in [0.4, 0.5) is 0 Å². The van der Waals surface area contributed by atoms with E-state index in [4.69, 9.17) is 5.11 Å². The molecular weight excluding hydrogens is 192 g/mol. The number of hydrogen-bond acceptors (Lipinski definition) is 3. The van der Waals surface area contributed by atoms with Crippen molar-refractivity contribution in [2.24, 2.45) is 5.92 Å². The summed E-state index contributed by atoms with van der Waals surface area (Å²) >= 11 is 0. The highest BCUT2D eigenvalue weighted by Crippen LogP contribution is 2.34. The highest BCUT2D eigenvalue weighted by molar-refractivity contribution is 5.72. The SMILES string of the molecule is CC1CN(C)CCN1C1CCC1C(=O)O. The fourth-order valence-corrected chi connectivity index (χ4v) is 2.81. The Morgan fingerprint density at radius 2 is 2.07 bits per heavy atom. The van der Waals surface area contributed by atoms with Crippen LogP contribution in [0.5, 0.6) is 0 Å². The van der Waals surface area contributed by atoms with Crippen LogP contribution in [-0.4, -0.2) is 59.6 Å². The Morgan fingerprint density at radius 1 is 1.33 bits per heavy atom. The summed E-state index contributed by atoms with van der Waals surface area (Å²) in [6.45, 7) is 5.34. The Bertz CT molecular complexity index is 257. The zero-order valence-electron chi connectivity index (χ0n) is 9.52. The van der Waals surface area contributed by atoms with Gasteiger partial charge in [0.2, 0.25) is 0 Å². The number of piperazine rings is 1. The van der Waals surface area contributed by atoms with E-state index in [0.717, 1.165) is 32.5 Å². The molecule has 0 radical (unpaired) electrons. The molecule has 0 aromatic rings. The molecule has 2 aliphatic rings. The zero-order valence-corrected chi connectivity index (χ0v) is 9.52. The van der Waals surface area contributed by atoms with E-state index in [0.29, 0.717) is 12.1 Å². The average Bonchev–Trinajstić information content (AvgIpc) is 2.06. The molecular formula is C11H20N2O2. The molecule has 0 amide bonds. The molecule has 15 heavy (non-hydrogen) atoms. The maximum absolute atomic E-state index is 11.0. The number of hydrogen-bond donors (Lipinski definition) is 1. The van der Waals surface area contributed by atoms with Crippen molar-refractivity contribution < 1.29 is 9.90 Å². The van der Waals surface area contributed by atoms with Crippen molar-refractivity contribution in [1.29, 1.82) is 0 Å². The van der Waals surface area contributed by atoms with E-state index >= 15 is 0 Å². The van der Waals surface area contributed by atoms with Gasteiger partial charge in [-0.15, -0.1) is 0 Å². The first-order valence-electron chi connectivity index (χ1n) is 5.76. The van der Waals surface area contributed by atoms with Crippen LogP contribution in [-0.2, 0) is 4.79 Å². The Kier molecular flexibility index (Phi) is 2.98. The Hall–Kier alpha value is -0.610. The largest absolute Gasteiger partial charge is 0.481 e. The van der Waals surface area contributed by atoms with Gasteiger partial charge in [-0.1, -0.05) is 0 Å². The summed E-state index contributed by atoms with van der Waals surface area (Å²) in [6.07, 6.45) is 1.92. The first-order chi connectivity index (χ1) is 7.09. The van der Waals surface area contributed by atoms with Crippen molar-refractivity contribution in [3.8, 4) is 0 Å². The fraction of sp³-hybridized carbons (Fsp3) is 0.909. The number of likely N-dealkylation sites (N-methyl/N-ethyl adjacent to an activating group) is 1.